The SMILES string of the molecule is Cc1ccc2c(c1)cc(C(=O)NC(CC(C)C)C(=O)N1CCC(C(=O)O)CC1)n2C. The Labute approximate surface area is 177 Å². The largest absolute Gasteiger partial charge is 0.481 e. The topological polar surface area (TPSA) is 91.6 Å². The molecule has 2 N–H and O–H groups in total. The Morgan fingerprint density at radius 1 is 1.17 bits per heavy atom. The fourth-order valence-electron chi connectivity index (χ4n) is 4.18. The van der Waals surface area contributed by atoms with E-state index in [9.17, 15) is 19.5 Å². The number of carboxylic acids is 1. The van der Waals surface area contributed by atoms with Crippen molar-refractivity contribution in [2.75, 3.05) is 13.1 Å². The molecule has 7 heteroatoms. The monoisotopic (exact) mass is 413 g/mol. The lowest BCUT2D eigenvalue weighted by Gasteiger charge is -2.33. The number of nitrogens with one attached hydrogen (secondary N) is 1. The van der Waals surface area contributed by atoms with Crippen LogP contribution in [0.1, 0.15) is 49.2 Å². The Morgan fingerprint density at radius 3 is 2.43 bits per heavy atom. The minimum absolute atomic E-state index is 0.129. The van der Waals surface area contributed by atoms with Gasteiger partial charge < -0.3 is 19.9 Å². The Hall–Kier alpha value is -2.83. The van der Waals surface area contributed by atoms with Gasteiger partial charge in [0.15, 0.2) is 0 Å². The Morgan fingerprint density at radius 2 is 1.83 bits per heavy atom. The van der Waals surface area contributed by atoms with E-state index in [0.29, 0.717) is 38.0 Å². The molecule has 0 aliphatic carbocycles. The molecule has 0 radical (unpaired) electrons. The third kappa shape index (κ3) is 4.66. The molecule has 1 saturated heterocycles. The second kappa shape index (κ2) is 8.90. The summed E-state index contributed by atoms with van der Waals surface area (Å²) in [6, 6.07) is 7.27. The molecule has 1 atom stereocenters. The van der Waals surface area contributed by atoms with Gasteiger partial charge in [0.2, 0.25) is 5.91 Å². The number of carbonyl (C=O) groups is 3. The van der Waals surface area contributed by atoms with Crippen molar-refractivity contribution in [2.45, 2.75) is 46.1 Å². The number of carboxylic acid groups (broad SMARTS) is 1. The van der Waals surface area contributed by atoms with Gasteiger partial charge in [0, 0.05) is 31.0 Å². The van der Waals surface area contributed by atoms with Crippen molar-refractivity contribution in [1.82, 2.24) is 14.8 Å². The van der Waals surface area contributed by atoms with Gasteiger partial charge in [-0.05, 0) is 50.3 Å². The predicted molar refractivity (Wildman–Crippen MR) is 115 cm³/mol. The number of aryl methyl sites for hydroxylation is 2. The summed E-state index contributed by atoms with van der Waals surface area (Å²) in [5, 5.41) is 13.1. The zero-order valence-corrected chi connectivity index (χ0v) is 18.1. The van der Waals surface area contributed by atoms with Crippen LogP contribution in [0.2, 0.25) is 0 Å². The van der Waals surface area contributed by atoms with Crippen LogP contribution in [0.5, 0.6) is 0 Å². The summed E-state index contributed by atoms with van der Waals surface area (Å²) in [6.45, 7) is 6.86. The van der Waals surface area contributed by atoms with E-state index in [-0.39, 0.29) is 17.7 Å². The molecule has 0 saturated carbocycles. The molecule has 0 bridgehead atoms. The Balaban J connectivity index is 1.76. The van der Waals surface area contributed by atoms with Gasteiger partial charge in [0.25, 0.3) is 5.91 Å². The summed E-state index contributed by atoms with van der Waals surface area (Å²) in [4.78, 5) is 39.1. The quantitative estimate of drug-likeness (QED) is 0.762. The molecule has 1 aliphatic heterocycles. The number of hydrogen-bond donors (Lipinski definition) is 2. The van der Waals surface area contributed by atoms with E-state index in [1.54, 1.807) is 4.90 Å². The predicted octanol–water partition coefficient (Wildman–Crippen LogP) is 2.95. The van der Waals surface area contributed by atoms with E-state index >= 15 is 0 Å². The summed E-state index contributed by atoms with van der Waals surface area (Å²) < 4.78 is 1.85. The molecule has 1 aromatic heterocycles. The van der Waals surface area contributed by atoms with E-state index in [2.05, 4.69) is 5.32 Å². The van der Waals surface area contributed by atoms with Crippen LogP contribution in [0.4, 0.5) is 0 Å². The molecular weight excluding hydrogens is 382 g/mol. The minimum Gasteiger partial charge on any atom is -0.481 e. The maximum Gasteiger partial charge on any atom is 0.306 e. The van der Waals surface area contributed by atoms with Gasteiger partial charge in [0.1, 0.15) is 11.7 Å². The highest BCUT2D eigenvalue weighted by atomic mass is 16.4. The van der Waals surface area contributed by atoms with Crippen LogP contribution in [0, 0.1) is 18.8 Å². The maximum absolute atomic E-state index is 13.1. The molecular formula is C23H31N3O4. The van der Waals surface area contributed by atoms with E-state index in [0.717, 1.165) is 16.5 Å². The lowest BCUT2D eigenvalue weighted by Crippen LogP contribution is -2.51. The molecule has 2 heterocycles. The van der Waals surface area contributed by atoms with Crippen LogP contribution >= 0.6 is 0 Å². The molecule has 1 fully saturated rings. The normalized spacial score (nSPS) is 16.1. The molecule has 7 nitrogen and oxygen atoms in total. The summed E-state index contributed by atoms with van der Waals surface area (Å²) in [5.74, 6) is -1.38. The van der Waals surface area contributed by atoms with E-state index in [1.165, 1.54) is 0 Å². The molecule has 3 rings (SSSR count). The van der Waals surface area contributed by atoms with E-state index < -0.39 is 17.9 Å². The van der Waals surface area contributed by atoms with Crippen molar-refractivity contribution in [1.29, 1.82) is 0 Å². The number of aromatic nitrogens is 1. The van der Waals surface area contributed by atoms with Gasteiger partial charge in [-0.3, -0.25) is 14.4 Å². The van der Waals surface area contributed by atoms with Gasteiger partial charge >= 0.3 is 5.97 Å². The Kier molecular flexibility index (Phi) is 6.48. The van der Waals surface area contributed by atoms with E-state index in [1.807, 2.05) is 56.7 Å². The Bertz CT molecular complexity index is 955. The van der Waals surface area contributed by atoms with Crippen LogP contribution in [-0.2, 0) is 16.6 Å². The zero-order chi connectivity index (χ0) is 22.0. The second-order valence-corrected chi connectivity index (χ2v) is 8.74. The molecule has 0 spiro atoms. The van der Waals surface area contributed by atoms with Crippen molar-refractivity contribution in [2.24, 2.45) is 18.9 Å². The molecule has 1 aromatic carbocycles. The number of piperidine rings is 1. The number of hydrogen-bond acceptors (Lipinski definition) is 3. The van der Waals surface area contributed by atoms with Crippen LogP contribution in [0.3, 0.4) is 0 Å². The highest BCUT2D eigenvalue weighted by Gasteiger charge is 2.32. The van der Waals surface area contributed by atoms with Crippen molar-refractivity contribution >= 4 is 28.7 Å². The van der Waals surface area contributed by atoms with E-state index in [4.69, 9.17) is 0 Å². The standard InChI is InChI=1S/C23H31N3O4/c1-14(2)11-18(22(28)26-9-7-16(8-10-26)23(29)30)24-21(27)20-13-17-12-15(3)5-6-19(17)25(20)4/h5-6,12-14,16,18H,7-11H2,1-4H3,(H,24,27)(H,29,30). The number of amides is 2. The molecule has 162 valence electrons. The molecule has 2 amide bonds. The third-order valence-electron chi connectivity index (χ3n) is 5.90. The maximum atomic E-state index is 13.1. The molecule has 1 aliphatic rings. The van der Waals surface area contributed by atoms with Crippen molar-refractivity contribution < 1.29 is 19.5 Å². The fourth-order valence-corrected chi connectivity index (χ4v) is 4.18. The average molecular weight is 414 g/mol. The highest BCUT2D eigenvalue weighted by molar-refractivity contribution is 6.00. The first-order valence-corrected chi connectivity index (χ1v) is 10.6. The number of aliphatic carboxylic acids is 1. The van der Waals surface area contributed by atoms with Crippen LogP contribution in [0.15, 0.2) is 24.3 Å². The highest BCUT2D eigenvalue weighted by Crippen LogP contribution is 2.22. The van der Waals surface area contributed by atoms with Crippen molar-refractivity contribution in [3.8, 4) is 0 Å². The molecule has 1 unspecified atom stereocenters. The van der Waals surface area contributed by atoms with Gasteiger partial charge in [0.05, 0.1) is 5.92 Å². The third-order valence-corrected chi connectivity index (χ3v) is 5.90. The summed E-state index contributed by atoms with van der Waals surface area (Å²) in [7, 11) is 1.85. The van der Waals surface area contributed by atoms with Crippen LogP contribution in [-0.4, -0.2) is 51.5 Å². The van der Waals surface area contributed by atoms with Gasteiger partial charge in [-0.15, -0.1) is 0 Å². The second-order valence-electron chi connectivity index (χ2n) is 8.74. The summed E-state index contributed by atoms with van der Waals surface area (Å²) in [5.41, 5.74) is 2.60. The smallest absolute Gasteiger partial charge is 0.306 e. The van der Waals surface area contributed by atoms with Crippen LogP contribution < -0.4 is 5.32 Å². The fraction of sp³-hybridized carbons (Fsp3) is 0.522. The lowest BCUT2D eigenvalue weighted by molar-refractivity contribution is -0.146. The van der Waals surface area contributed by atoms with Gasteiger partial charge in [-0.2, -0.15) is 0 Å². The number of fused-ring (bicyclic) bond motifs is 1. The van der Waals surface area contributed by atoms with Crippen molar-refractivity contribution in [3.05, 3.63) is 35.5 Å². The minimum atomic E-state index is -0.805. The first-order valence-electron chi connectivity index (χ1n) is 10.6. The molecule has 30 heavy (non-hydrogen) atoms. The molecule has 2 aromatic rings. The lowest BCUT2D eigenvalue weighted by atomic mass is 9.95. The van der Waals surface area contributed by atoms with Crippen LogP contribution in [0.25, 0.3) is 10.9 Å². The van der Waals surface area contributed by atoms with Gasteiger partial charge in [-0.25, -0.2) is 0 Å². The number of carbonyl (C=O) groups excluding carboxylic acids is 2. The first-order chi connectivity index (χ1) is 14.2. The first kappa shape index (κ1) is 21.9. The number of nitrogens with zero attached hydrogens (tertiary/aromatic N) is 2. The van der Waals surface area contributed by atoms with Crippen molar-refractivity contribution in [3.63, 3.8) is 0 Å². The summed E-state index contributed by atoms with van der Waals surface area (Å²) in [6.07, 6.45) is 1.43. The average Bonchev–Trinajstić information content (AvgIpc) is 3.02. The zero-order valence-electron chi connectivity index (χ0n) is 18.1. The number of benzene rings is 1. The number of rotatable bonds is 6. The summed E-state index contributed by atoms with van der Waals surface area (Å²) >= 11 is 0. The number of likely N-dealkylation sites (tertiary alicyclic amines) is 1. The van der Waals surface area contributed by atoms with Gasteiger partial charge in [-0.1, -0.05) is 25.5 Å².